The predicted octanol–water partition coefficient (Wildman–Crippen LogP) is 3.43. The van der Waals surface area contributed by atoms with Gasteiger partial charge >= 0.3 is 5.97 Å². The number of halogens is 1. The topological polar surface area (TPSA) is 66.4 Å². The Morgan fingerprint density at radius 3 is 2.00 bits per heavy atom. The van der Waals surface area contributed by atoms with Crippen molar-refractivity contribution in [3.8, 4) is 0 Å². The largest absolute Gasteiger partial charge is 0.478 e. The molecule has 0 unspecified atom stereocenters. The lowest BCUT2D eigenvalue weighted by Crippen LogP contribution is -2.16. The minimum atomic E-state index is -1.09. The highest BCUT2D eigenvalue weighted by Gasteiger charge is 2.13. The smallest absolute Gasteiger partial charge is 0.331 e. The van der Waals surface area contributed by atoms with Crippen LogP contribution >= 0.6 is 15.9 Å². The highest BCUT2D eigenvalue weighted by molar-refractivity contribution is 9.10. The van der Waals surface area contributed by atoms with Crippen LogP contribution in [0.3, 0.4) is 0 Å². The summed E-state index contributed by atoms with van der Waals surface area (Å²) < 4.78 is 1.000. The second-order valence-electron chi connectivity index (χ2n) is 4.43. The number of amides is 1. The van der Waals surface area contributed by atoms with Gasteiger partial charge in [-0.15, -0.1) is 0 Å². The third-order valence-electron chi connectivity index (χ3n) is 2.92. The van der Waals surface area contributed by atoms with Crippen molar-refractivity contribution in [2.45, 2.75) is 27.7 Å². The molecule has 0 saturated heterocycles. The van der Waals surface area contributed by atoms with E-state index in [1.54, 1.807) is 0 Å². The summed E-state index contributed by atoms with van der Waals surface area (Å²) in [7, 11) is 0. The number of aliphatic carboxylic acids is 1. The standard InChI is InChI=1S/C14H16BrNO3/c1-7-5-11(6-8(2)12(7)15)16-13(17)9(3)10(4)14(18)19/h5-6H,1-4H3,(H,16,17)(H,18,19)/b10-9+. The second kappa shape index (κ2) is 6.02. The Kier molecular flexibility index (Phi) is 4.89. The Balaban J connectivity index is 3.02. The molecule has 1 rings (SSSR count). The van der Waals surface area contributed by atoms with E-state index in [1.807, 2.05) is 26.0 Å². The summed E-state index contributed by atoms with van der Waals surface area (Å²) in [4.78, 5) is 22.7. The van der Waals surface area contributed by atoms with Crippen molar-refractivity contribution in [1.82, 2.24) is 0 Å². The maximum Gasteiger partial charge on any atom is 0.331 e. The van der Waals surface area contributed by atoms with E-state index in [0.29, 0.717) is 5.69 Å². The molecule has 1 amide bonds. The Hall–Kier alpha value is -1.62. The Labute approximate surface area is 120 Å². The van der Waals surface area contributed by atoms with E-state index in [0.717, 1.165) is 15.6 Å². The average Bonchev–Trinajstić information content (AvgIpc) is 2.33. The number of carbonyl (C=O) groups is 2. The van der Waals surface area contributed by atoms with Crippen molar-refractivity contribution in [3.05, 3.63) is 38.9 Å². The summed E-state index contributed by atoms with van der Waals surface area (Å²) in [5.41, 5.74) is 2.91. The van der Waals surface area contributed by atoms with Gasteiger partial charge in [-0.1, -0.05) is 15.9 Å². The molecule has 2 N–H and O–H groups in total. The first kappa shape index (κ1) is 15.4. The van der Waals surface area contributed by atoms with Crippen LogP contribution in [-0.2, 0) is 9.59 Å². The van der Waals surface area contributed by atoms with E-state index in [9.17, 15) is 9.59 Å². The van der Waals surface area contributed by atoms with Gasteiger partial charge in [0.2, 0.25) is 0 Å². The molecule has 19 heavy (non-hydrogen) atoms. The number of nitrogens with one attached hydrogen (secondary N) is 1. The molecule has 0 heterocycles. The van der Waals surface area contributed by atoms with Gasteiger partial charge in [0.1, 0.15) is 0 Å². The molecule has 0 atom stereocenters. The van der Waals surface area contributed by atoms with Crippen LogP contribution in [0.2, 0.25) is 0 Å². The maximum atomic E-state index is 11.9. The van der Waals surface area contributed by atoms with Gasteiger partial charge in [0.25, 0.3) is 5.91 Å². The number of anilines is 1. The van der Waals surface area contributed by atoms with Crippen LogP contribution in [-0.4, -0.2) is 17.0 Å². The Morgan fingerprint density at radius 1 is 1.11 bits per heavy atom. The van der Waals surface area contributed by atoms with E-state index >= 15 is 0 Å². The average molecular weight is 326 g/mol. The summed E-state index contributed by atoms with van der Waals surface area (Å²) in [5.74, 6) is -1.49. The molecule has 0 radical (unpaired) electrons. The fourth-order valence-electron chi connectivity index (χ4n) is 1.57. The predicted molar refractivity (Wildman–Crippen MR) is 78.3 cm³/mol. The van der Waals surface area contributed by atoms with Gasteiger partial charge in [-0.25, -0.2) is 4.79 Å². The molecule has 102 valence electrons. The van der Waals surface area contributed by atoms with Crippen molar-refractivity contribution in [2.75, 3.05) is 5.32 Å². The lowest BCUT2D eigenvalue weighted by Gasteiger charge is -2.10. The van der Waals surface area contributed by atoms with Crippen LogP contribution in [0.4, 0.5) is 5.69 Å². The SMILES string of the molecule is C/C(C(=O)O)=C(/C)C(=O)Nc1cc(C)c(Br)c(C)c1. The van der Waals surface area contributed by atoms with E-state index in [-0.39, 0.29) is 11.1 Å². The highest BCUT2D eigenvalue weighted by atomic mass is 79.9. The van der Waals surface area contributed by atoms with Crippen LogP contribution in [0.25, 0.3) is 0 Å². The Bertz CT molecular complexity index is 553. The van der Waals surface area contributed by atoms with Crippen LogP contribution in [0, 0.1) is 13.8 Å². The van der Waals surface area contributed by atoms with Gasteiger partial charge in [-0.05, 0) is 51.0 Å². The molecule has 0 bridgehead atoms. The maximum absolute atomic E-state index is 11.9. The molecule has 0 aromatic heterocycles. The summed E-state index contributed by atoms with van der Waals surface area (Å²) in [5, 5.41) is 11.6. The van der Waals surface area contributed by atoms with E-state index < -0.39 is 11.9 Å². The van der Waals surface area contributed by atoms with Crippen LogP contribution in [0.15, 0.2) is 27.8 Å². The molecule has 4 nitrogen and oxygen atoms in total. The molecule has 1 aromatic rings. The molecule has 0 saturated carbocycles. The first-order valence-corrected chi connectivity index (χ1v) is 6.52. The lowest BCUT2D eigenvalue weighted by molar-refractivity contribution is -0.133. The van der Waals surface area contributed by atoms with Gasteiger partial charge in [-0.3, -0.25) is 4.79 Å². The molecule has 0 aliphatic heterocycles. The molecule has 0 fully saturated rings. The van der Waals surface area contributed by atoms with Crippen LogP contribution in [0.1, 0.15) is 25.0 Å². The lowest BCUT2D eigenvalue weighted by atomic mass is 10.1. The van der Waals surface area contributed by atoms with Crippen LogP contribution in [0.5, 0.6) is 0 Å². The van der Waals surface area contributed by atoms with Crippen molar-refractivity contribution in [3.63, 3.8) is 0 Å². The fraction of sp³-hybridized carbons (Fsp3) is 0.286. The minimum absolute atomic E-state index is 0.0445. The second-order valence-corrected chi connectivity index (χ2v) is 5.23. The van der Waals surface area contributed by atoms with Gasteiger partial charge < -0.3 is 10.4 Å². The zero-order valence-corrected chi connectivity index (χ0v) is 12.9. The van der Waals surface area contributed by atoms with E-state index in [1.165, 1.54) is 13.8 Å². The molecule has 5 heteroatoms. The number of carbonyl (C=O) groups excluding carboxylic acids is 1. The molecular formula is C14H16BrNO3. The molecule has 1 aromatic carbocycles. The minimum Gasteiger partial charge on any atom is -0.478 e. The summed E-state index contributed by atoms with van der Waals surface area (Å²) in [6, 6.07) is 3.66. The normalized spacial score (nSPS) is 11.8. The fourth-order valence-corrected chi connectivity index (χ4v) is 1.80. The molecule has 0 aliphatic rings. The number of carboxylic acids is 1. The van der Waals surface area contributed by atoms with Crippen molar-refractivity contribution < 1.29 is 14.7 Å². The number of hydrogen-bond donors (Lipinski definition) is 2. The quantitative estimate of drug-likeness (QED) is 0.837. The first-order valence-electron chi connectivity index (χ1n) is 5.73. The number of hydrogen-bond acceptors (Lipinski definition) is 2. The van der Waals surface area contributed by atoms with Gasteiger partial charge in [0.05, 0.1) is 0 Å². The number of aryl methyl sites for hydroxylation is 2. The van der Waals surface area contributed by atoms with E-state index in [2.05, 4.69) is 21.2 Å². The summed E-state index contributed by atoms with van der Waals surface area (Å²) in [6.07, 6.45) is 0. The monoisotopic (exact) mass is 325 g/mol. The van der Waals surface area contributed by atoms with E-state index in [4.69, 9.17) is 5.11 Å². The first-order chi connectivity index (χ1) is 8.73. The zero-order valence-electron chi connectivity index (χ0n) is 11.3. The summed E-state index contributed by atoms with van der Waals surface area (Å²) >= 11 is 3.45. The van der Waals surface area contributed by atoms with Gasteiger partial charge in [-0.2, -0.15) is 0 Å². The number of carboxylic acid groups (broad SMARTS) is 1. The third-order valence-corrected chi connectivity index (χ3v) is 4.17. The number of rotatable bonds is 3. The van der Waals surface area contributed by atoms with Crippen molar-refractivity contribution in [1.29, 1.82) is 0 Å². The van der Waals surface area contributed by atoms with Crippen LogP contribution < -0.4 is 5.32 Å². The summed E-state index contributed by atoms with van der Waals surface area (Å²) in [6.45, 7) is 6.77. The van der Waals surface area contributed by atoms with Crippen molar-refractivity contribution in [2.24, 2.45) is 0 Å². The zero-order chi connectivity index (χ0) is 14.7. The van der Waals surface area contributed by atoms with Crippen molar-refractivity contribution >= 4 is 33.5 Å². The molecule has 0 aliphatic carbocycles. The Morgan fingerprint density at radius 2 is 1.58 bits per heavy atom. The molecule has 0 spiro atoms. The third kappa shape index (κ3) is 3.67. The van der Waals surface area contributed by atoms with Gasteiger partial charge in [0, 0.05) is 21.3 Å². The van der Waals surface area contributed by atoms with Gasteiger partial charge in [0.15, 0.2) is 0 Å². The highest BCUT2D eigenvalue weighted by Crippen LogP contribution is 2.25. The molecular weight excluding hydrogens is 310 g/mol. The number of benzene rings is 1.